The molecule has 0 spiro atoms. The molecule has 0 unspecified atom stereocenters. The zero-order chi connectivity index (χ0) is 9.07. The van der Waals surface area contributed by atoms with Gasteiger partial charge in [0.05, 0.1) is 11.8 Å². The highest BCUT2D eigenvalue weighted by atomic mass is 19.1. The van der Waals surface area contributed by atoms with Gasteiger partial charge in [-0.05, 0) is 6.92 Å². The first-order valence-corrected chi connectivity index (χ1v) is 3.49. The summed E-state index contributed by atoms with van der Waals surface area (Å²) in [6, 6.07) is 0. The third-order valence-electron chi connectivity index (χ3n) is 1.50. The Morgan fingerprint density at radius 2 is 1.82 bits per heavy atom. The minimum Gasteiger partial charge on any atom is -0.300 e. The van der Waals surface area contributed by atoms with Gasteiger partial charge < -0.3 is 0 Å². The zero-order valence-corrected chi connectivity index (χ0v) is 7.11. The molecule has 0 fully saturated rings. The number of carbonyl (C=O) groups is 2. The Morgan fingerprint density at radius 3 is 2.09 bits per heavy atom. The molecule has 0 aromatic rings. The summed E-state index contributed by atoms with van der Waals surface area (Å²) in [5, 5.41) is 0. The van der Waals surface area contributed by atoms with E-state index in [0.29, 0.717) is 0 Å². The lowest BCUT2D eigenvalue weighted by molar-refractivity contribution is -0.132. The molecule has 0 aromatic heterocycles. The predicted octanol–water partition coefficient (Wildman–Crippen LogP) is 1.53. The van der Waals surface area contributed by atoms with Crippen LogP contribution < -0.4 is 0 Å². The Morgan fingerprint density at radius 1 is 1.36 bits per heavy atom. The van der Waals surface area contributed by atoms with Gasteiger partial charge in [0.25, 0.3) is 0 Å². The van der Waals surface area contributed by atoms with Crippen LogP contribution >= 0.6 is 0 Å². The Bertz CT molecular complexity index is 173. The summed E-state index contributed by atoms with van der Waals surface area (Å²) < 4.78 is 12.1. The molecular formula is C8H13FO2. The summed E-state index contributed by atoms with van der Waals surface area (Å²) in [5.74, 6) is -0.538. The van der Waals surface area contributed by atoms with Gasteiger partial charge >= 0.3 is 0 Å². The molecule has 0 radical (unpaired) electrons. The lowest BCUT2D eigenvalue weighted by Gasteiger charge is -2.17. The second-order valence-corrected chi connectivity index (χ2v) is 3.32. The van der Waals surface area contributed by atoms with Crippen molar-refractivity contribution in [2.75, 3.05) is 6.67 Å². The van der Waals surface area contributed by atoms with E-state index in [9.17, 15) is 14.0 Å². The van der Waals surface area contributed by atoms with E-state index in [1.807, 2.05) is 0 Å². The van der Waals surface area contributed by atoms with E-state index in [1.165, 1.54) is 20.8 Å². The van der Waals surface area contributed by atoms with Gasteiger partial charge in [-0.1, -0.05) is 13.8 Å². The maximum Gasteiger partial charge on any atom is 0.148 e. The van der Waals surface area contributed by atoms with E-state index in [2.05, 4.69) is 0 Å². The smallest absolute Gasteiger partial charge is 0.148 e. The minimum atomic E-state index is -0.994. The lowest BCUT2D eigenvalue weighted by Crippen LogP contribution is -2.27. The number of hydrogen-bond donors (Lipinski definition) is 0. The van der Waals surface area contributed by atoms with Crippen molar-refractivity contribution in [1.82, 2.24) is 0 Å². The first-order valence-electron chi connectivity index (χ1n) is 3.49. The number of ketones is 2. The van der Waals surface area contributed by atoms with Crippen molar-refractivity contribution in [3.8, 4) is 0 Å². The average molecular weight is 160 g/mol. The van der Waals surface area contributed by atoms with Crippen molar-refractivity contribution in [3.05, 3.63) is 0 Å². The fourth-order valence-corrected chi connectivity index (χ4v) is 0.540. The fraction of sp³-hybridized carbons (Fsp3) is 0.750. The Labute approximate surface area is 65.8 Å². The van der Waals surface area contributed by atoms with Crippen LogP contribution in [-0.2, 0) is 9.59 Å². The van der Waals surface area contributed by atoms with Gasteiger partial charge in [-0.2, -0.15) is 0 Å². The van der Waals surface area contributed by atoms with Gasteiger partial charge in [0, 0.05) is 0 Å². The van der Waals surface area contributed by atoms with E-state index >= 15 is 0 Å². The van der Waals surface area contributed by atoms with Crippen LogP contribution in [0.15, 0.2) is 0 Å². The maximum atomic E-state index is 12.1. The van der Waals surface area contributed by atoms with Crippen molar-refractivity contribution in [3.63, 3.8) is 0 Å². The molecule has 0 aliphatic carbocycles. The first-order chi connectivity index (χ1) is 4.90. The molecule has 0 bridgehead atoms. The van der Waals surface area contributed by atoms with E-state index in [4.69, 9.17) is 0 Å². The van der Waals surface area contributed by atoms with Gasteiger partial charge in [0.15, 0.2) is 0 Å². The van der Waals surface area contributed by atoms with Gasteiger partial charge in [-0.15, -0.1) is 0 Å². The molecular weight excluding hydrogens is 147 g/mol. The molecule has 0 N–H and O–H groups in total. The Hall–Kier alpha value is -0.730. The van der Waals surface area contributed by atoms with E-state index < -0.39 is 12.1 Å². The van der Waals surface area contributed by atoms with Crippen LogP contribution in [0.25, 0.3) is 0 Å². The summed E-state index contributed by atoms with van der Waals surface area (Å²) in [7, 11) is 0. The third kappa shape index (κ3) is 3.25. The number of rotatable bonds is 4. The summed E-state index contributed by atoms with van der Waals surface area (Å²) in [5.41, 5.74) is -0.994. The standard InChI is InChI=1S/C8H13FO2/c1-6(10)4-7(11)8(2,3)5-9/h4-5H2,1-3H3. The molecule has 0 atom stereocenters. The highest BCUT2D eigenvalue weighted by Crippen LogP contribution is 2.18. The Kier molecular flexibility index (Phi) is 3.36. The first kappa shape index (κ1) is 10.3. The van der Waals surface area contributed by atoms with Crippen molar-refractivity contribution < 1.29 is 14.0 Å². The van der Waals surface area contributed by atoms with Crippen LogP contribution in [0.4, 0.5) is 4.39 Å². The van der Waals surface area contributed by atoms with Crippen molar-refractivity contribution in [2.45, 2.75) is 27.2 Å². The van der Waals surface area contributed by atoms with Crippen molar-refractivity contribution in [2.24, 2.45) is 5.41 Å². The number of Topliss-reactive ketones (excluding diaryl/α,β-unsaturated/α-hetero) is 2. The molecule has 0 aliphatic heterocycles. The van der Waals surface area contributed by atoms with Crippen molar-refractivity contribution >= 4 is 11.6 Å². The number of hydrogen-bond acceptors (Lipinski definition) is 2. The molecule has 0 amide bonds. The van der Waals surface area contributed by atoms with E-state index in [0.717, 1.165) is 0 Å². The lowest BCUT2D eigenvalue weighted by atomic mass is 9.87. The normalized spacial score (nSPS) is 11.3. The molecule has 3 heteroatoms. The van der Waals surface area contributed by atoms with Crippen LogP contribution in [0.5, 0.6) is 0 Å². The van der Waals surface area contributed by atoms with Crippen LogP contribution in [-0.4, -0.2) is 18.2 Å². The molecule has 11 heavy (non-hydrogen) atoms. The summed E-state index contributed by atoms with van der Waals surface area (Å²) in [4.78, 5) is 21.5. The van der Waals surface area contributed by atoms with Crippen LogP contribution in [0.3, 0.4) is 0 Å². The molecule has 0 heterocycles. The Balaban J connectivity index is 4.13. The molecule has 64 valence electrons. The fourth-order valence-electron chi connectivity index (χ4n) is 0.540. The monoisotopic (exact) mass is 160 g/mol. The minimum absolute atomic E-state index is 0.156. The molecule has 2 nitrogen and oxygen atoms in total. The van der Waals surface area contributed by atoms with Crippen LogP contribution in [0.1, 0.15) is 27.2 Å². The van der Waals surface area contributed by atoms with Gasteiger partial charge in [-0.3, -0.25) is 14.0 Å². The van der Waals surface area contributed by atoms with E-state index in [1.54, 1.807) is 0 Å². The predicted molar refractivity (Wildman–Crippen MR) is 40.1 cm³/mol. The second-order valence-electron chi connectivity index (χ2n) is 3.32. The summed E-state index contributed by atoms with van der Waals surface area (Å²) in [6.45, 7) is 3.61. The quantitative estimate of drug-likeness (QED) is 0.584. The molecule has 0 saturated carbocycles. The summed E-state index contributed by atoms with van der Waals surface area (Å²) in [6.07, 6.45) is -0.156. The number of alkyl halides is 1. The van der Waals surface area contributed by atoms with Gasteiger partial charge in [0.2, 0.25) is 0 Å². The topological polar surface area (TPSA) is 34.1 Å². The average Bonchev–Trinajstić information content (AvgIpc) is 1.86. The van der Waals surface area contributed by atoms with E-state index in [-0.39, 0.29) is 18.0 Å². The largest absolute Gasteiger partial charge is 0.300 e. The zero-order valence-electron chi connectivity index (χ0n) is 7.11. The molecule has 0 saturated heterocycles. The molecule has 0 rings (SSSR count). The highest BCUT2D eigenvalue weighted by Gasteiger charge is 2.27. The third-order valence-corrected chi connectivity index (χ3v) is 1.50. The molecule has 0 aromatic carbocycles. The highest BCUT2D eigenvalue weighted by molar-refractivity contribution is 6.00. The molecule has 0 aliphatic rings. The van der Waals surface area contributed by atoms with Crippen LogP contribution in [0, 0.1) is 5.41 Å². The van der Waals surface area contributed by atoms with Gasteiger partial charge in [0.1, 0.15) is 18.2 Å². The SMILES string of the molecule is CC(=O)CC(=O)C(C)(C)CF. The number of halogens is 1. The van der Waals surface area contributed by atoms with Crippen LogP contribution in [0.2, 0.25) is 0 Å². The summed E-state index contributed by atoms with van der Waals surface area (Å²) >= 11 is 0. The second kappa shape index (κ2) is 3.60. The van der Waals surface area contributed by atoms with Gasteiger partial charge in [-0.25, -0.2) is 0 Å². The maximum absolute atomic E-state index is 12.1. The number of carbonyl (C=O) groups excluding carboxylic acids is 2. The van der Waals surface area contributed by atoms with Crippen molar-refractivity contribution in [1.29, 1.82) is 0 Å².